The van der Waals surface area contributed by atoms with E-state index in [1.54, 1.807) is 6.20 Å². The van der Waals surface area contributed by atoms with Crippen molar-refractivity contribution in [3.63, 3.8) is 0 Å². The van der Waals surface area contributed by atoms with Crippen LogP contribution in [0.15, 0.2) is 30.5 Å². The minimum Gasteiger partial charge on any atom is -0.397 e. The van der Waals surface area contributed by atoms with Crippen molar-refractivity contribution in [3.8, 4) is 0 Å². The van der Waals surface area contributed by atoms with Crippen molar-refractivity contribution in [3.05, 3.63) is 30.5 Å². The highest BCUT2D eigenvalue weighted by molar-refractivity contribution is 5.98. The van der Waals surface area contributed by atoms with Gasteiger partial charge in [0.25, 0.3) is 0 Å². The molecule has 4 heteroatoms. The second-order valence-electron chi connectivity index (χ2n) is 4.78. The maximum atomic E-state index is 9.38. The van der Waals surface area contributed by atoms with Crippen molar-refractivity contribution in [2.75, 3.05) is 17.7 Å². The van der Waals surface area contributed by atoms with E-state index in [0.717, 1.165) is 16.6 Å². The lowest BCUT2D eigenvalue weighted by atomic mass is 10.0. The second kappa shape index (κ2) is 5.23. The Bertz CT molecular complexity index is 540. The van der Waals surface area contributed by atoms with Gasteiger partial charge < -0.3 is 16.2 Å². The fourth-order valence-corrected chi connectivity index (χ4v) is 1.94. The van der Waals surface area contributed by atoms with Crippen LogP contribution in [0.1, 0.15) is 13.8 Å². The Morgan fingerprint density at radius 1 is 1.33 bits per heavy atom. The van der Waals surface area contributed by atoms with Crippen molar-refractivity contribution in [2.24, 2.45) is 5.92 Å². The summed E-state index contributed by atoms with van der Waals surface area (Å²) in [5.74, 6) is 0.347. The van der Waals surface area contributed by atoms with Crippen LogP contribution in [0.3, 0.4) is 0 Å². The maximum absolute atomic E-state index is 9.38. The molecule has 1 aromatic heterocycles. The third-order valence-corrected chi connectivity index (χ3v) is 3.14. The third-order valence-electron chi connectivity index (χ3n) is 3.14. The molecule has 18 heavy (non-hydrogen) atoms. The molecule has 1 heterocycles. The van der Waals surface area contributed by atoms with Crippen LogP contribution >= 0.6 is 0 Å². The molecule has 4 nitrogen and oxygen atoms in total. The van der Waals surface area contributed by atoms with Gasteiger partial charge in [0.2, 0.25) is 0 Å². The Kier molecular flexibility index (Phi) is 3.67. The molecular formula is C14H19N3O. The van der Waals surface area contributed by atoms with Crippen molar-refractivity contribution >= 4 is 22.3 Å². The first kappa shape index (κ1) is 12.6. The molecule has 0 unspecified atom stereocenters. The zero-order valence-electron chi connectivity index (χ0n) is 10.7. The number of fused-ring (bicyclic) bond motifs is 1. The van der Waals surface area contributed by atoms with Crippen LogP contribution in [-0.4, -0.2) is 22.7 Å². The molecule has 1 aromatic carbocycles. The molecule has 0 fully saturated rings. The van der Waals surface area contributed by atoms with Crippen LogP contribution in [0.25, 0.3) is 10.9 Å². The van der Waals surface area contributed by atoms with E-state index in [2.05, 4.69) is 24.1 Å². The monoisotopic (exact) mass is 245 g/mol. The number of nitrogens with two attached hydrogens (primary N) is 1. The minimum absolute atomic E-state index is 0.0250. The lowest BCUT2D eigenvalue weighted by Crippen LogP contribution is -2.29. The van der Waals surface area contributed by atoms with Gasteiger partial charge in [-0.15, -0.1) is 0 Å². The molecule has 2 aromatic rings. The summed E-state index contributed by atoms with van der Waals surface area (Å²) < 4.78 is 0. The number of hydrogen-bond acceptors (Lipinski definition) is 4. The molecule has 0 aliphatic carbocycles. The number of hydrogen-bond donors (Lipinski definition) is 3. The maximum Gasteiger partial charge on any atom is 0.0951 e. The van der Waals surface area contributed by atoms with E-state index in [4.69, 9.17) is 5.73 Å². The first-order valence-corrected chi connectivity index (χ1v) is 6.14. The van der Waals surface area contributed by atoms with Gasteiger partial charge in [0.1, 0.15) is 0 Å². The van der Waals surface area contributed by atoms with Crippen molar-refractivity contribution in [1.82, 2.24) is 4.98 Å². The Morgan fingerprint density at radius 3 is 2.78 bits per heavy atom. The molecule has 0 aliphatic heterocycles. The summed E-state index contributed by atoms with van der Waals surface area (Å²) in [6.07, 6.45) is 1.73. The average molecular weight is 245 g/mol. The van der Waals surface area contributed by atoms with Gasteiger partial charge in [-0.05, 0) is 30.2 Å². The van der Waals surface area contributed by atoms with Crippen LogP contribution in [0.4, 0.5) is 11.4 Å². The van der Waals surface area contributed by atoms with Gasteiger partial charge in [0, 0.05) is 17.3 Å². The summed E-state index contributed by atoms with van der Waals surface area (Å²) in [7, 11) is 0. The van der Waals surface area contributed by atoms with E-state index in [-0.39, 0.29) is 12.6 Å². The topological polar surface area (TPSA) is 71.2 Å². The lowest BCUT2D eigenvalue weighted by Gasteiger charge is -2.22. The van der Waals surface area contributed by atoms with Crippen LogP contribution in [0, 0.1) is 5.92 Å². The Hall–Kier alpha value is -1.81. The molecule has 1 atom stereocenters. The molecule has 4 N–H and O–H groups in total. The fourth-order valence-electron chi connectivity index (χ4n) is 1.94. The predicted octanol–water partition coefficient (Wildman–Crippen LogP) is 2.25. The number of aliphatic hydroxyl groups excluding tert-OH is 1. The van der Waals surface area contributed by atoms with E-state index in [9.17, 15) is 5.11 Å². The highest BCUT2D eigenvalue weighted by atomic mass is 16.3. The summed E-state index contributed by atoms with van der Waals surface area (Å²) >= 11 is 0. The molecule has 0 radical (unpaired) electrons. The number of aliphatic hydroxyl groups is 1. The van der Waals surface area contributed by atoms with Crippen LogP contribution in [-0.2, 0) is 0 Å². The zero-order valence-corrected chi connectivity index (χ0v) is 10.7. The Morgan fingerprint density at radius 2 is 2.11 bits per heavy atom. The quantitative estimate of drug-likeness (QED) is 0.722. The zero-order chi connectivity index (χ0) is 13.1. The number of pyridine rings is 1. The number of aromatic nitrogens is 1. The number of anilines is 2. The largest absolute Gasteiger partial charge is 0.397 e. The van der Waals surface area contributed by atoms with Gasteiger partial charge in [-0.1, -0.05) is 13.8 Å². The molecular weight excluding hydrogens is 226 g/mol. The molecule has 0 amide bonds. The summed E-state index contributed by atoms with van der Waals surface area (Å²) in [5, 5.41) is 13.7. The minimum atomic E-state index is 0.0250. The van der Waals surface area contributed by atoms with E-state index < -0.39 is 0 Å². The summed E-state index contributed by atoms with van der Waals surface area (Å²) in [5.41, 5.74) is 8.33. The van der Waals surface area contributed by atoms with Gasteiger partial charge >= 0.3 is 0 Å². The molecule has 0 spiro atoms. The smallest absolute Gasteiger partial charge is 0.0951 e. The van der Waals surface area contributed by atoms with Crippen molar-refractivity contribution in [1.29, 1.82) is 0 Å². The van der Waals surface area contributed by atoms with Gasteiger partial charge in [-0.3, -0.25) is 4.98 Å². The SMILES string of the molecule is CC(C)[C@@H](CO)Nc1ccc(N)c2ncccc12. The summed E-state index contributed by atoms with van der Waals surface area (Å²) in [6.45, 7) is 4.25. The second-order valence-corrected chi connectivity index (χ2v) is 4.78. The van der Waals surface area contributed by atoms with Gasteiger partial charge in [0.15, 0.2) is 0 Å². The first-order valence-electron chi connectivity index (χ1n) is 6.14. The van der Waals surface area contributed by atoms with Gasteiger partial charge in [-0.2, -0.15) is 0 Å². The highest BCUT2D eigenvalue weighted by Crippen LogP contribution is 2.27. The fraction of sp³-hybridized carbons (Fsp3) is 0.357. The molecule has 2 rings (SSSR count). The van der Waals surface area contributed by atoms with Gasteiger partial charge in [0.05, 0.1) is 23.9 Å². The number of nitrogens with zero attached hydrogens (tertiary/aromatic N) is 1. The van der Waals surface area contributed by atoms with E-state index >= 15 is 0 Å². The molecule has 0 bridgehead atoms. The van der Waals surface area contributed by atoms with E-state index in [1.807, 2.05) is 24.3 Å². The first-order chi connectivity index (χ1) is 8.63. The molecule has 0 saturated carbocycles. The van der Waals surface area contributed by atoms with Crippen molar-refractivity contribution in [2.45, 2.75) is 19.9 Å². The van der Waals surface area contributed by atoms with E-state index in [1.165, 1.54) is 0 Å². The highest BCUT2D eigenvalue weighted by Gasteiger charge is 2.13. The van der Waals surface area contributed by atoms with Crippen LogP contribution in [0.2, 0.25) is 0 Å². The average Bonchev–Trinajstić information content (AvgIpc) is 2.38. The number of rotatable bonds is 4. The Labute approximate surface area is 107 Å². The predicted molar refractivity (Wildman–Crippen MR) is 75.5 cm³/mol. The molecule has 0 aliphatic rings. The third kappa shape index (κ3) is 2.38. The van der Waals surface area contributed by atoms with Gasteiger partial charge in [-0.25, -0.2) is 0 Å². The van der Waals surface area contributed by atoms with Crippen LogP contribution < -0.4 is 11.1 Å². The number of benzene rings is 1. The lowest BCUT2D eigenvalue weighted by molar-refractivity contribution is 0.249. The summed E-state index contributed by atoms with van der Waals surface area (Å²) in [6, 6.07) is 7.67. The Balaban J connectivity index is 2.42. The van der Waals surface area contributed by atoms with Crippen LogP contribution in [0.5, 0.6) is 0 Å². The van der Waals surface area contributed by atoms with E-state index in [0.29, 0.717) is 11.6 Å². The molecule has 96 valence electrons. The van der Waals surface area contributed by atoms with Crippen molar-refractivity contribution < 1.29 is 5.11 Å². The summed E-state index contributed by atoms with van der Waals surface area (Å²) in [4.78, 5) is 4.29. The number of nitrogens with one attached hydrogen (secondary N) is 1. The molecule has 0 saturated heterocycles. The number of nitrogen functional groups attached to an aromatic ring is 1. The standard InChI is InChI=1S/C14H19N3O/c1-9(2)13(8-18)17-12-6-5-11(15)14-10(12)4-3-7-16-14/h3-7,9,13,17-18H,8,15H2,1-2H3/t13-/m1/s1. The normalized spacial score (nSPS) is 12.9.